The summed E-state index contributed by atoms with van der Waals surface area (Å²) in [7, 11) is 0. The third kappa shape index (κ3) is 4.94. The summed E-state index contributed by atoms with van der Waals surface area (Å²) in [5.41, 5.74) is -0.549. The Bertz CT molecular complexity index is 1260. The topological polar surface area (TPSA) is 64.6 Å². The van der Waals surface area contributed by atoms with Gasteiger partial charge in [0.2, 0.25) is 5.95 Å². The molecular weight excluding hydrogens is 457 g/mol. The van der Waals surface area contributed by atoms with E-state index in [4.69, 9.17) is 6.85 Å². The highest BCUT2D eigenvalue weighted by Gasteiger charge is 2.52. The minimum atomic E-state index is -4.50. The number of carbonyl (C=O) groups is 1. The van der Waals surface area contributed by atoms with E-state index in [1.165, 1.54) is 0 Å². The first-order valence-corrected chi connectivity index (χ1v) is 11.7. The Balaban J connectivity index is 1.11. The fraction of sp³-hybridized carbons (Fsp3) is 0.560. The molecule has 1 saturated carbocycles. The van der Waals surface area contributed by atoms with Gasteiger partial charge >= 0.3 is 12.2 Å². The molecule has 2 aromatic rings. The number of urea groups is 1. The first-order valence-electron chi connectivity index (χ1n) is 14.2. The molecule has 35 heavy (non-hydrogen) atoms. The minimum absolute atomic E-state index is 0.0195. The van der Waals surface area contributed by atoms with E-state index in [0.717, 1.165) is 38.3 Å². The molecule has 188 valence electrons. The number of amides is 2. The summed E-state index contributed by atoms with van der Waals surface area (Å²) in [6.45, 7) is 6.32. The number of nitrogens with zero attached hydrogens (tertiary/aromatic N) is 5. The Kier molecular flexibility index (Phi) is 4.71. The maximum Gasteiger partial charge on any atom is 0.419 e. The van der Waals surface area contributed by atoms with Crippen molar-refractivity contribution in [3.05, 3.63) is 53.7 Å². The third-order valence-electron chi connectivity index (χ3n) is 7.14. The standard InChI is InChI=1S/C25H31F3N6O/c1-17-12-33(22-29-10-20(11-30-22)25(26,27)28)13-18(2)34(17)23(35)31-21-8-24(9-21)15-32(16-24)14-19-6-4-3-5-7-19/h3-7,10-11,17-18,21H,8-9,12-16H2,1-2H3,(H,31,35)/t17-,18+/i3D,4D,5D,6D,7D. The average molecular weight is 494 g/mol. The van der Waals surface area contributed by atoms with Crippen molar-refractivity contribution in [2.24, 2.45) is 5.41 Å². The first-order chi connectivity index (χ1) is 18.7. The number of hydrogen-bond donors (Lipinski definition) is 1. The van der Waals surface area contributed by atoms with E-state index in [-0.39, 0.29) is 66.2 Å². The van der Waals surface area contributed by atoms with Crippen LogP contribution in [0.5, 0.6) is 0 Å². The predicted molar refractivity (Wildman–Crippen MR) is 126 cm³/mol. The molecule has 3 fully saturated rings. The molecule has 5 rings (SSSR count). The highest BCUT2D eigenvalue weighted by Crippen LogP contribution is 2.48. The molecule has 2 amide bonds. The summed E-state index contributed by atoms with van der Waals surface area (Å²) in [6, 6.07) is -1.95. The largest absolute Gasteiger partial charge is 0.419 e. The van der Waals surface area contributed by atoms with Crippen molar-refractivity contribution in [3.63, 3.8) is 0 Å². The van der Waals surface area contributed by atoms with E-state index in [1.54, 1.807) is 9.80 Å². The second-order valence-electron chi connectivity index (χ2n) is 10.1. The lowest BCUT2D eigenvalue weighted by Gasteiger charge is -2.59. The lowest BCUT2D eigenvalue weighted by molar-refractivity contribution is -0.138. The molecular formula is C25H31F3N6O. The third-order valence-corrected chi connectivity index (χ3v) is 7.14. The normalized spacial score (nSPS) is 26.7. The van der Waals surface area contributed by atoms with Gasteiger partial charge in [0.05, 0.1) is 12.4 Å². The number of carbonyl (C=O) groups excluding carboxylic acids is 1. The molecule has 1 N–H and O–H groups in total. The molecule has 1 aromatic carbocycles. The van der Waals surface area contributed by atoms with Crippen LogP contribution in [-0.2, 0) is 12.7 Å². The first kappa shape index (κ1) is 18.4. The number of halogens is 3. The zero-order chi connectivity index (χ0) is 29.1. The molecule has 0 bridgehead atoms. The van der Waals surface area contributed by atoms with Gasteiger partial charge in [-0.1, -0.05) is 30.2 Å². The molecule has 2 aliphatic heterocycles. The van der Waals surface area contributed by atoms with Crippen LogP contribution in [0.15, 0.2) is 42.6 Å². The van der Waals surface area contributed by atoms with Crippen LogP contribution >= 0.6 is 0 Å². The van der Waals surface area contributed by atoms with Gasteiger partial charge in [0, 0.05) is 63.2 Å². The molecule has 0 radical (unpaired) electrons. The van der Waals surface area contributed by atoms with E-state index >= 15 is 0 Å². The Labute approximate surface area is 210 Å². The smallest absolute Gasteiger partial charge is 0.337 e. The number of alkyl halides is 3. The van der Waals surface area contributed by atoms with E-state index in [9.17, 15) is 18.0 Å². The highest BCUT2D eigenvalue weighted by molar-refractivity contribution is 5.76. The van der Waals surface area contributed by atoms with Gasteiger partial charge in [-0.25, -0.2) is 14.8 Å². The number of benzene rings is 1. The zero-order valence-corrected chi connectivity index (χ0v) is 19.6. The Morgan fingerprint density at radius 3 is 2.29 bits per heavy atom. The van der Waals surface area contributed by atoms with Gasteiger partial charge in [-0.3, -0.25) is 4.90 Å². The summed E-state index contributed by atoms with van der Waals surface area (Å²) in [5.74, 6) is 0.200. The van der Waals surface area contributed by atoms with Crippen molar-refractivity contribution in [1.29, 1.82) is 0 Å². The molecule has 3 aliphatic rings. The van der Waals surface area contributed by atoms with Gasteiger partial charge in [0.15, 0.2) is 0 Å². The van der Waals surface area contributed by atoms with E-state index in [2.05, 4.69) is 20.2 Å². The van der Waals surface area contributed by atoms with Crippen LogP contribution in [0, 0.1) is 5.41 Å². The zero-order valence-electron chi connectivity index (χ0n) is 24.6. The van der Waals surface area contributed by atoms with Gasteiger partial charge in [-0.2, -0.15) is 13.2 Å². The van der Waals surface area contributed by atoms with Crippen molar-refractivity contribution in [1.82, 2.24) is 25.1 Å². The number of nitrogens with one attached hydrogen (secondary N) is 1. The Morgan fingerprint density at radius 1 is 1.11 bits per heavy atom. The Hall–Kier alpha value is -2.88. The Morgan fingerprint density at radius 2 is 1.71 bits per heavy atom. The molecule has 1 spiro atoms. The van der Waals surface area contributed by atoms with Crippen LogP contribution in [-0.4, -0.2) is 70.1 Å². The number of aromatic nitrogens is 2. The molecule has 10 heteroatoms. The maximum atomic E-state index is 13.1. The fourth-order valence-corrected chi connectivity index (χ4v) is 5.71. The summed E-state index contributed by atoms with van der Waals surface area (Å²) >= 11 is 0. The van der Waals surface area contributed by atoms with Gasteiger partial charge in [-0.05, 0) is 37.7 Å². The average Bonchev–Trinajstić information content (AvgIpc) is 2.84. The van der Waals surface area contributed by atoms with Crippen LogP contribution in [0.1, 0.15) is 44.7 Å². The molecule has 2 saturated heterocycles. The lowest BCUT2D eigenvalue weighted by atomic mass is 9.60. The monoisotopic (exact) mass is 493 g/mol. The summed E-state index contributed by atoms with van der Waals surface area (Å²) in [4.78, 5) is 26.5. The van der Waals surface area contributed by atoms with Gasteiger partial charge < -0.3 is 15.1 Å². The van der Waals surface area contributed by atoms with E-state index in [1.807, 2.05) is 13.8 Å². The molecule has 7 nitrogen and oxygen atoms in total. The number of hydrogen-bond acceptors (Lipinski definition) is 5. The molecule has 3 heterocycles. The van der Waals surface area contributed by atoms with Crippen molar-refractivity contribution < 1.29 is 24.8 Å². The van der Waals surface area contributed by atoms with Crippen molar-refractivity contribution in [2.45, 2.75) is 57.5 Å². The molecule has 2 atom stereocenters. The number of anilines is 1. The quantitative estimate of drug-likeness (QED) is 0.703. The summed E-state index contributed by atoms with van der Waals surface area (Å²) in [5, 5.41) is 3.12. The van der Waals surface area contributed by atoms with E-state index < -0.39 is 17.8 Å². The van der Waals surface area contributed by atoms with Crippen LogP contribution in [0.4, 0.5) is 23.9 Å². The molecule has 0 unspecified atom stereocenters. The second kappa shape index (κ2) is 8.96. The summed E-state index contributed by atoms with van der Waals surface area (Å²) < 4.78 is 78.2. The van der Waals surface area contributed by atoms with Gasteiger partial charge in [0.25, 0.3) is 0 Å². The summed E-state index contributed by atoms with van der Waals surface area (Å²) in [6.07, 6.45) is -1.35. The van der Waals surface area contributed by atoms with Crippen LogP contribution in [0.3, 0.4) is 0 Å². The van der Waals surface area contributed by atoms with Crippen LogP contribution < -0.4 is 10.2 Å². The van der Waals surface area contributed by atoms with Crippen LogP contribution in [0.2, 0.25) is 0 Å². The van der Waals surface area contributed by atoms with Gasteiger partial charge in [-0.15, -0.1) is 0 Å². The van der Waals surface area contributed by atoms with Gasteiger partial charge in [0.1, 0.15) is 0 Å². The maximum absolute atomic E-state index is 13.1. The number of piperazine rings is 1. The van der Waals surface area contributed by atoms with Crippen molar-refractivity contribution in [2.75, 3.05) is 31.1 Å². The number of rotatable bonds is 4. The van der Waals surface area contributed by atoms with Crippen LogP contribution in [0.25, 0.3) is 0 Å². The van der Waals surface area contributed by atoms with E-state index in [0.29, 0.717) is 18.7 Å². The SMILES string of the molecule is [2H]c1c([2H])c([2H])c(CN2CC3(CC(NC(=O)N4[C@H](C)CN(c5ncc(C(F)(F)F)cn5)C[C@@H]4C)C3)C2)c([2H])c1[2H]. The highest BCUT2D eigenvalue weighted by atomic mass is 19.4. The molecule has 1 aromatic heterocycles. The molecule has 1 aliphatic carbocycles. The fourth-order valence-electron chi connectivity index (χ4n) is 5.71. The number of likely N-dealkylation sites (tertiary alicyclic amines) is 1. The second-order valence-corrected chi connectivity index (χ2v) is 10.1. The van der Waals surface area contributed by atoms with Crippen molar-refractivity contribution >= 4 is 12.0 Å². The van der Waals surface area contributed by atoms with Crippen molar-refractivity contribution in [3.8, 4) is 0 Å². The lowest BCUT2D eigenvalue weighted by Crippen LogP contribution is -2.68. The minimum Gasteiger partial charge on any atom is -0.337 e. The predicted octanol–water partition coefficient (Wildman–Crippen LogP) is 3.77.